The van der Waals surface area contributed by atoms with Crippen molar-refractivity contribution in [1.29, 1.82) is 0 Å². The van der Waals surface area contributed by atoms with E-state index in [0.29, 0.717) is 39.5 Å². The Bertz CT molecular complexity index is 3060. The van der Waals surface area contributed by atoms with Crippen LogP contribution in [0, 0.1) is 0 Å². The van der Waals surface area contributed by atoms with Crippen LogP contribution in [0.5, 0.6) is 17.2 Å². The van der Waals surface area contributed by atoms with E-state index in [2.05, 4.69) is 25.3 Å². The number of anilines is 1. The molecule has 1 aliphatic heterocycles. The fourth-order valence-corrected chi connectivity index (χ4v) is 11.5. The zero-order chi connectivity index (χ0) is 47.0. The van der Waals surface area contributed by atoms with Gasteiger partial charge in [-0.3, -0.25) is 0 Å². The molecule has 1 saturated heterocycles. The molecule has 1 fully saturated rings. The first kappa shape index (κ1) is 45.5. The number of imidazole rings is 1. The summed E-state index contributed by atoms with van der Waals surface area (Å²) in [6.07, 6.45) is 0.787. The molecule has 4 heterocycles. The minimum Gasteiger partial charge on any atom is -0.497 e. The molecular weight excluding hydrogens is 889 g/mol. The monoisotopic (exact) mass is 936 g/mol. The Balaban J connectivity index is 1.37. The Morgan fingerprint density at radius 1 is 0.788 bits per heavy atom. The van der Waals surface area contributed by atoms with Gasteiger partial charge in [-0.25, -0.2) is 26.6 Å². The highest BCUT2D eigenvalue weighted by Gasteiger charge is 2.46. The van der Waals surface area contributed by atoms with Gasteiger partial charge < -0.3 is 34.6 Å². The summed E-state index contributed by atoms with van der Waals surface area (Å²) in [6.45, 7) is 4.34. The Morgan fingerprint density at radius 3 is 1.89 bits per heavy atom. The number of carbonyl (C=O) groups excluding carboxylic acids is 1. The average molecular weight is 937 g/mol. The van der Waals surface area contributed by atoms with E-state index in [1.54, 1.807) is 94.6 Å². The van der Waals surface area contributed by atoms with Crippen molar-refractivity contribution in [3.05, 3.63) is 114 Å². The SMILES string of the molecule is COc1ccc(CN(Cc2ccc(OC)cc2)S(=O)(=O)c2c(S(=O)(=O)C3CN(C(=O)OC(C)(C)C)C3)ccc(-c3ccnc4nc(N)[nH]c34)c2-c2nnn(Cc3ccc(OC)cc3)n2)cc1. The van der Waals surface area contributed by atoms with Gasteiger partial charge in [0.25, 0.3) is 0 Å². The van der Waals surface area contributed by atoms with Crippen LogP contribution >= 0.6 is 0 Å². The highest BCUT2D eigenvalue weighted by atomic mass is 32.2. The van der Waals surface area contributed by atoms with Gasteiger partial charge in [0.2, 0.25) is 15.8 Å². The van der Waals surface area contributed by atoms with Crippen molar-refractivity contribution in [3.8, 4) is 39.8 Å². The highest BCUT2D eigenvalue weighted by molar-refractivity contribution is 7.94. The topological polar surface area (TPSA) is 240 Å². The predicted octanol–water partition coefficient (Wildman–Crippen LogP) is 5.72. The van der Waals surface area contributed by atoms with Crippen LogP contribution < -0.4 is 19.9 Å². The number of hydrogen-bond acceptors (Lipinski definition) is 15. The summed E-state index contributed by atoms with van der Waals surface area (Å²) in [4.78, 5) is 26.1. The van der Waals surface area contributed by atoms with E-state index in [-0.39, 0.29) is 61.3 Å². The van der Waals surface area contributed by atoms with Crippen molar-refractivity contribution < 1.29 is 40.6 Å². The first-order valence-corrected chi connectivity index (χ1v) is 23.6. The molecule has 4 aromatic carbocycles. The lowest BCUT2D eigenvalue weighted by molar-refractivity contribution is 0.0139. The van der Waals surface area contributed by atoms with Crippen molar-refractivity contribution in [2.45, 2.75) is 61.0 Å². The molecule has 3 N–H and O–H groups in total. The van der Waals surface area contributed by atoms with E-state index in [4.69, 9.17) is 29.8 Å². The van der Waals surface area contributed by atoms with E-state index < -0.39 is 46.6 Å². The van der Waals surface area contributed by atoms with E-state index >= 15 is 16.8 Å². The van der Waals surface area contributed by atoms with Gasteiger partial charge in [0.05, 0.1) is 43.8 Å². The van der Waals surface area contributed by atoms with Crippen LogP contribution in [0.4, 0.5) is 10.7 Å². The lowest BCUT2D eigenvalue weighted by Crippen LogP contribution is -2.57. The number of ether oxygens (including phenoxy) is 4. The molecule has 0 bridgehead atoms. The summed E-state index contributed by atoms with van der Waals surface area (Å²) in [5.74, 6) is 1.61. The number of fused-ring (bicyclic) bond motifs is 1. The molecule has 0 radical (unpaired) electrons. The van der Waals surface area contributed by atoms with E-state index in [0.717, 1.165) is 5.56 Å². The summed E-state index contributed by atoms with van der Waals surface area (Å²) in [5.41, 5.74) is 8.23. The number of methoxy groups -OCH3 is 3. The second kappa shape index (κ2) is 18.1. The number of nitrogen functional groups attached to an aromatic ring is 1. The number of aromatic nitrogens is 7. The minimum absolute atomic E-state index is 0.0480. The average Bonchev–Trinajstić information content (AvgIpc) is 3.90. The molecule has 19 nitrogen and oxygen atoms in total. The number of pyridine rings is 1. The van der Waals surface area contributed by atoms with Gasteiger partial charge in [-0.2, -0.15) is 14.1 Å². The number of nitrogens with zero attached hydrogens (tertiary/aromatic N) is 8. The fourth-order valence-electron chi connectivity index (χ4n) is 7.46. The minimum atomic E-state index is -4.94. The molecule has 0 aliphatic carbocycles. The molecule has 0 saturated carbocycles. The van der Waals surface area contributed by atoms with E-state index in [1.807, 2.05) is 12.1 Å². The zero-order valence-corrected chi connectivity index (χ0v) is 38.6. The largest absolute Gasteiger partial charge is 0.497 e. The number of rotatable bonds is 15. The van der Waals surface area contributed by atoms with Crippen molar-refractivity contribution in [2.75, 3.05) is 40.2 Å². The zero-order valence-electron chi connectivity index (χ0n) is 37.0. The number of nitrogens with two attached hydrogens (primary N) is 1. The standard InChI is InChI=1S/C45H48N10O9S2/c1-45(2,3)64-44(56)53-26-34(27-53)65(57,58)37-20-19-35(36-21-22-47-42-39(36)48-43(46)49-42)38(41-50-52-55(51-41)25-30-11-17-33(63-6)18-12-30)40(37)66(59,60)54(23-28-7-13-31(61-4)14-8-28)24-29-9-15-32(62-5)16-10-29/h7-22,34H,23-27H2,1-6H3,(H3,46,47,48,49). The second-order valence-electron chi connectivity index (χ2n) is 16.5. The third kappa shape index (κ3) is 9.35. The number of benzene rings is 4. The molecule has 344 valence electrons. The number of H-pyrrole nitrogens is 1. The van der Waals surface area contributed by atoms with Gasteiger partial charge in [-0.15, -0.1) is 10.2 Å². The number of amides is 1. The van der Waals surface area contributed by atoms with Crippen molar-refractivity contribution in [1.82, 2.24) is 44.4 Å². The maximum absolute atomic E-state index is 16.1. The molecule has 3 aromatic heterocycles. The van der Waals surface area contributed by atoms with Gasteiger partial charge in [-0.1, -0.05) is 42.5 Å². The first-order valence-electron chi connectivity index (χ1n) is 20.6. The molecule has 0 spiro atoms. The molecule has 1 amide bonds. The number of sulfone groups is 1. The molecule has 0 unspecified atom stereocenters. The van der Waals surface area contributed by atoms with Crippen molar-refractivity contribution in [3.63, 3.8) is 0 Å². The Kier molecular flexibility index (Phi) is 12.4. The molecule has 0 atom stereocenters. The number of hydrogen-bond donors (Lipinski definition) is 2. The van der Waals surface area contributed by atoms with Crippen LogP contribution in [0.1, 0.15) is 37.5 Å². The summed E-state index contributed by atoms with van der Waals surface area (Å²) in [5, 5.41) is 12.3. The third-order valence-electron chi connectivity index (χ3n) is 10.9. The number of sulfonamides is 1. The van der Waals surface area contributed by atoms with Crippen LogP contribution in [-0.4, -0.2) is 113 Å². The van der Waals surface area contributed by atoms with Gasteiger partial charge in [0.15, 0.2) is 21.4 Å². The van der Waals surface area contributed by atoms with Crippen molar-refractivity contribution in [2.24, 2.45) is 0 Å². The maximum atomic E-state index is 16.1. The van der Waals surface area contributed by atoms with Gasteiger partial charge in [-0.05, 0) is 96.8 Å². The van der Waals surface area contributed by atoms with E-state index in [1.165, 1.54) is 46.6 Å². The van der Waals surface area contributed by atoms with Crippen LogP contribution in [0.3, 0.4) is 0 Å². The van der Waals surface area contributed by atoms with Crippen molar-refractivity contribution >= 4 is 43.1 Å². The molecule has 21 heteroatoms. The second-order valence-corrected chi connectivity index (χ2v) is 20.6. The van der Waals surface area contributed by atoms with Crippen LogP contribution in [0.15, 0.2) is 107 Å². The smallest absolute Gasteiger partial charge is 0.410 e. The molecule has 66 heavy (non-hydrogen) atoms. The lowest BCUT2D eigenvalue weighted by atomic mass is 9.99. The Hall–Kier alpha value is -7.10. The lowest BCUT2D eigenvalue weighted by Gasteiger charge is -2.39. The van der Waals surface area contributed by atoms with Gasteiger partial charge >= 0.3 is 6.09 Å². The molecule has 8 rings (SSSR count). The third-order valence-corrected chi connectivity index (χ3v) is 15.0. The number of nitrogens with one attached hydrogen (secondary N) is 1. The van der Waals surface area contributed by atoms with Crippen LogP contribution in [0.25, 0.3) is 33.7 Å². The molecule has 7 aromatic rings. The normalized spacial score (nSPS) is 13.5. The summed E-state index contributed by atoms with van der Waals surface area (Å²) in [6, 6.07) is 25.3. The number of likely N-dealkylation sites (tertiary alicyclic amines) is 1. The predicted molar refractivity (Wildman–Crippen MR) is 244 cm³/mol. The van der Waals surface area contributed by atoms with Gasteiger partial charge in [0.1, 0.15) is 33.0 Å². The number of aromatic amines is 1. The fraction of sp³-hybridized carbons (Fsp3) is 0.289. The summed E-state index contributed by atoms with van der Waals surface area (Å²) < 4.78 is 85.3. The van der Waals surface area contributed by atoms with Crippen LogP contribution in [0.2, 0.25) is 0 Å². The quantitative estimate of drug-likeness (QED) is 0.125. The Morgan fingerprint density at radius 2 is 1.35 bits per heavy atom. The first-order chi connectivity index (χ1) is 31.5. The van der Waals surface area contributed by atoms with Gasteiger partial charge in [0, 0.05) is 37.9 Å². The highest BCUT2D eigenvalue weighted by Crippen LogP contribution is 2.44. The summed E-state index contributed by atoms with van der Waals surface area (Å²) >= 11 is 0. The number of carbonyl (C=O) groups is 1. The Labute approximate surface area is 381 Å². The number of tetrazole rings is 1. The maximum Gasteiger partial charge on any atom is 0.410 e. The van der Waals surface area contributed by atoms with Crippen LogP contribution in [-0.2, 0) is 44.2 Å². The molecule has 1 aliphatic rings. The molecular formula is C45H48N10O9S2. The van der Waals surface area contributed by atoms with E-state index in [9.17, 15) is 4.79 Å². The summed E-state index contributed by atoms with van der Waals surface area (Å²) in [7, 11) is -4.91.